The van der Waals surface area contributed by atoms with Crippen molar-refractivity contribution >= 4 is 17.3 Å². The van der Waals surface area contributed by atoms with E-state index < -0.39 is 0 Å². The maximum atomic E-state index is 12.2. The Labute approximate surface area is 123 Å². The molecule has 0 heterocycles. The van der Waals surface area contributed by atoms with Crippen molar-refractivity contribution in [2.24, 2.45) is 5.73 Å². The van der Waals surface area contributed by atoms with Gasteiger partial charge < -0.3 is 11.5 Å². The number of ketones is 2. The van der Waals surface area contributed by atoms with E-state index in [1.165, 1.54) is 0 Å². The Morgan fingerprint density at radius 2 is 1.38 bits per heavy atom. The third-order valence-corrected chi connectivity index (χ3v) is 3.27. The second kappa shape index (κ2) is 6.33. The number of nitrogens with two attached hydrogens (primary N) is 2. The molecule has 0 saturated carbocycles. The molecule has 0 spiro atoms. The highest BCUT2D eigenvalue weighted by molar-refractivity contribution is 6.29. The zero-order valence-corrected chi connectivity index (χ0v) is 11.9. The van der Waals surface area contributed by atoms with E-state index in [0.717, 1.165) is 13.0 Å². The summed E-state index contributed by atoms with van der Waals surface area (Å²) in [5.41, 5.74) is 12.8. The van der Waals surface area contributed by atoms with Gasteiger partial charge in [0.2, 0.25) is 0 Å². The van der Waals surface area contributed by atoms with Crippen molar-refractivity contribution < 1.29 is 9.59 Å². The van der Waals surface area contributed by atoms with Crippen LogP contribution in [0.5, 0.6) is 0 Å². The lowest BCUT2D eigenvalue weighted by Gasteiger charge is -2.18. The summed E-state index contributed by atoms with van der Waals surface area (Å²) in [6.07, 6.45) is 1.10. The summed E-state index contributed by atoms with van der Waals surface area (Å²) in [5.74, 6) is -0.309. The van der Waals surface area contributed by atoms with Gasteiger partial charge in [0.05, 0.1) is 5.56 Å². The lowest BCUT2D eigenvalue weighted by Crippen LogP contribution is -2.22. The van der Waals surface area contributed by atoms with Crippen LogP contribution in [0.4, 0.5) is 5.69 Å². The van der Waals surface area contributed by atoms with E-state index in [9.17, 15) is 9.59 Å². The summed E-state index contributed by atoms with van der Waals surface area (Å²) >= 11 is 0. The predicted molar refractivity (Wildman–Crippen MR) is 83.5 cm³/mol. The number of hydrogen-bond donors (Lipinski definition) is 2. The Morgan fingerprint density at radius 3 is 1.95 bits per heavy atom. The van der Waals surface area contributed by atoms with Crippen LogP contribution < -0.4 is 11.5 Å². The van der Waals surface area contributed by atoms with Gasteiger partial charge in [0, 0.05) is 22.4 Å². The molecule has 0 aromatic heterocycles. The molecule has 0 fully saturated rings. The molecule has 4 N–H and O–H groups in total. The fraction of sp³-hybridized carbons (Fsp3) is 0.176. The maximum absolute atomic E-state index is 12.2. The van der Waals surface area contributed by atoms with Crippen molar-refractivity contribution in [1.29, 1.82) is 0 Å². The van der Waals surface area contributed by atoms with Gasteiger partial charge in [-0.1, -0.05) is 43.3 Å². The van der Waals surface area contributed by atoms with E-state index in [2.05, 4.69) is 6.92 Å². The van der Waals surface area contributed by atoms with Gasteiger partial charge in [-0.25, -0.2) is 0 Å². The van der Waals surface area contributed by atoms with Crippen molar-refractivity contribution in [1.82, 2.24) is 0 Å². The fourth-order valence-electron chi connectivity index (χ4n) is 2.17. The van der Waals surface area contributed by atoms with Gasteiger partial charge >= 0.3 is 0 Å². The van der Waals surface area contributed by atoms with Crippen LogP contribution >= 0.6 is 0 Å². The highest BCUT2D eigenvalue weighted by Crippen LogP contribution is 2.30. The van der Waals surface area contributed by atoms with E-state index in [-0.39, 0.29) is 11.6 Å². The second-order valence-electron chi connectivity index (χ2n) is 4.76. The zero-order chi connectivity index (χ0) is 15.4. The minimum atomic E-state index is -0.173. The summed E-state index contributed by atoms with van der Waals surface area (Å²) < 4.78 is 0. The molecule has 0 radical (unpaired) electrons. The van der Waals surface area contributed by atoms with Crippen LogP contribution in [0.2, 0.25) is 0 Å². The van der Waals surface area contributed by atoms with E-state index >= 15 is 0 Å². The summed E-state index contributed by atoms with van der Waals surface area (Å²) in [7, 11) is 0. The molecule has 2 aromatic carbocycles. The van der Waals surface area contributed by atoms with Gasteiger partial charge in [-0.2, -0.15) is 0 Å². The molecule has 1 aliphatic carbocycles. The Balaban J connectivity index is 0.000000361. The SMILES string of the molecule is CCCN.Nc1cccc2c1C(=O)c1ccccc1C2=O. The number of nitrogen functional groups attached to an aromatic ring is 1. The number of hydrogen-bond acceptors (Lipinski definition) is 4. The van der Waals surface area contributed by atoms with Crippen LogP contribution in [0, 0.1) is 0 Å². The van der Waals surface area contributed by atoms with Crippen LogP contribution in [0.1, 0.15) is 45.2 Å². The Morgan fingerprint density at radius 1 is 0.857 bits per heavy atom. The lowest BCUT2D eigenvalue weighted by atomic mass is 9.83. The third-order valence-electron chi connectivity index (χ3n) is 3.27. The summed E-state index contributed by atoms with van der Waals surface area (Å²) in [4.78, 5) is 24.4. The van der Waals surface area contributed by atoms with Crippen molar-refractivity contribution in [3.63, 3.8) is 0 Å². The molecule has 0 unspecified atom stereocenters. The van der Waals surface area contributed by atoms with Crippen molar-refractivity contribution in [2.45, 2.75) is 13.3 Å². The van der Waals surface area contributed by atoms with Gasteiger partial charge in [-0.05, 0) is 19.0 Å². The van der Waals surface area contributed by atoms with Gasteiger partial charge in [-0.3, -0.25) is 9.59 Å². The molecular weight excluding hydrogens is 264 g/mol. The smallest absolute Gasteiger partial charge is 0.196 e. The fourth-order valence-corrected chi connectivity index (χ4v) is 2.17. The average Bonchev–Trinajstić information content (AvgIpc) is 2.52. The van der Waals surface area contributed by atoms with E-state index in [1.807, 2.05) is 0 Å². The Kier molecular flexibility index (Phi) is 4.50. The third kappa shape index (κ3) is 2.71. The van der Waals surface area contributed by atoms with Crippen LogP contribution in [0.3, 0.4) is 0 Å². The molecular formula is C17H18N2O2. The summed E-state index contributed by atoms with van der Waals surface area (Å²) in [5, 5.41) is 0. The number of carbonyl (C=O) groups is 2. The molecule has 21 heavy (non-hydrogen) atoms. The first-order chi connectivity index (χ1) is 10.1. The van der Waals surface area contributed by atoms with Crippen molar-refractivity contribution in [2.75, 3.05) is 12.3 Å². The number of benzene rings is 2. The second-order valence-corrected chi connectivity index (χ2v) is 4.76. The normalized spacial score (nSPS) is 12.1. The number of anilines is 1. The van der Waals surface area contributed by atoms with Gasteiger partial charge in [0.15, 0.2) is 11.6 Å². The highest BCUT2D eigenvalue weighted by atomic mass is 16.1. The largest absolute Gasteiger partial charge is 0.398 e. The minimum Gasteiger partial charge on any atom is -0.398 e. The molecule has 0 saturated heterocycles. The molecule has 0 bridgehead atoms. The van der Waals surface area contributed by atoms with Gasteiger partial charge in [0.1, 0.15) is 0 Å². The van der Waals surface area contributed by atoms with E-state index in [4.69, 9.17) is 11.5 Å². The standard InChI is InChI=1S/C14H9NO2.C3H9N/c15-11-7-3-6-10-12(11)14(17)9-5-2-1-4-8(9)13(10)16;1-2-3-4/h1-7H,15H2;2-4H2,1H3. The molecule has 4 nitrogen and oxygen atoms in total. The molecule has 1 aliphatic rings. The molecule has 4 heteroatoms. The quantitative estimate of drug-likeness (QED) is 0.671. The first-order valence-electron chi connectivity index (χ1n) is 6.88. The highest BCUT2D eigenvalue weighted by Gasteiger charge is 2.30. The van der Waals surface area contributed by atoms with E-state index in [1.54, 1.807) is 42.5 Å². The molecule has 0 atom stereocenters. The number of fused-ring (bicyclic) bond motifs is 2. The maximum Gasteiger partial charge on any atom is 0.196 e. The summed E-state index contributed by atoms with van der Waals surface area (Å²) in [6.45, 7) is 2.88. The molecule has 3 rings (SSSR count). The number of carbonyl (C=O) groups excluding carboxylic acids is 2. The average molecular weight is 282 g/mol. The predicted octanol–water partition coefficient (Wildman–Crippen LogP) is 2.40. The molecule has 0 aliphatic heterocycles. The Bertz CT molecular complexity index is 691. The van der Waals surface area contributed by atoms with Gasteiger partial charge in [-0.15, -0.1) is 0 Å². The molecule has 0 amide bonds. The van der Waals surface area contributed by atoms with Crippen molar-refractivity contribution in [3.8, 4) is 0 Å². The number of rotatable bonds is 1. The van der Waals surface area contributed by atoms with Crippen LogP contribution in [-0.2, 0) is 0 Å². The summed E-state index contributed by atoms with van der Waals surface area (Å²) in [6, 6.07) is 11.8. The first kappa shape index (κ1) is 14.9. The minimum absolute atomic E-state index is 0.137. The van der Waals surface area contributed by atoms with Crippen LogP contribution in [0.25, 0.3) is 0 Å². The first-order valence-corrected chi connectivity index (χ1v) is 6.88. The topological polar surface area (TPSA) is 86.2 Å². The van der Waals surface area contributed by atoms with Crippen molar-refractivity contribution in [3.05, 3.63) is 64.7 Å². The van der Waals surface area contributed by atoms with Gasteiger partial charge in [0.25, 0.3) is 0 Å². The molecule has 2 aromatic rings. The van der Waals surface area contributed by atoms with E-state index in [0.29, 0.717) is 27.9 Å². The lowest BCUT2D eigenvalue weighted by molar-refractivity contribution is 0.0979. The molecule has 108 valence electrons. The zero-order valence-electron chi connectivity index (χ0n) is 11.9. The van der Waals surface area contributed by atoms with Crippen LogP contribution in [0.15, 0.2) is 42.5 Å². The monoisotopic (exact) mass is 282 g/mol. The Hall–Kier alpha value is -2.46. The van der Waals surface area contributed by atoms with Crippen LogP contribution in [-0.4, -0.2) is 18.1 Å².